The van der Waals surface area contributed by atoms with Gasteiger partial charge < -0.3 is 9.15 Å². The number of rotatable bonds is 3. The van der Waals surface area contributed by atoms with Crippen LogP contribution in [0.3, 0.4) is 0 Å². The van der Waals surface area contributed by atoms with Crippen LogP contribution in [0.4, 0.5) is 0 Å². The van der Waals surface area contributed by atoms with E-state index >= 15 is 0 Å². The van der Waals surface area contributed by atoms with Gasteiger partial charge in [-0.2, -0.15) is 0 Å². The van der Waals surface area contributed by atoms with Crippen molar-refractivity contribution in [1.29, 1.82) is 0 Å². The molecule has 18 heavy (non-hydrogen) atoms. The lowest BCUT2D eigenvalue weighted by atomic mass is 9.95. The molecule has 0 N–H and O–H groups in total. The summed E-state index contributed by atoms with van der Waals surface area (Å²) in [4.78, 5) is 12.4. The summed E-state index contributed by atoms with van der Waals surface area (Å²) in [6.07, 6.45) is 0.797. The number of ketones is 1. The van der Waals surface area contributed by atoms with Crippen molar-refractivity contribution in [2.45, 2.75) is 19.3 Å². The molecule has 0 saturated heterocycles. The second-order valence-electron chi connectivity index (χ2n) is 4.39. The molecule has 1 atom stereocenters. The van der Waals surface area contributed by atoms with Crippen molar-refractivity contribution in [3.05, 3.63) is 53.5 Å². The van der Waals surface area contributed by atoms with Crippen molar-refractivity contribution >= 4 is 5.78 Å². The summed E-state index contributed by atoms with van der Waals surface area (Å²) >= 11 is 0. The highest BCUT2D eigenvalue weighted by Crippen LogP contribution is 2.35. The number of para-hydroxylation sites is 1. The number of hydrogen-bond donors (Lipinski definition) is 0. The summed E-state index contributed by atoms with van der Waals surface area (Å²) in [5, 5.41) is 0. The van der Waals surface area contributed by atoms with Crippen LogP contribution in [0.1, 0.15) is 34.7 Å². The Bertz CT molecular complexity index is 583. The molecule has 3 nitrogen and oxygen atoms in total. The second kappa shape index (κ2) is 4.33. The number of benzene rings is 1. The minimum Gasteiger partial charge on any atom is -0.492 e. The molecular weight excluding hydrogens is 228 g/mol. The van der Waals surface area contributed by atoms with Crippen molar-refractivity contribution in [1.82, 2.24) is 0 Å². The highest BCUT2D eigenvalue weighted by Gasteiger charge is 2.32. The van der Waals surface area contributed by atoms with Gasteiger partial charge in [0, 0.05) is 12.0 Å². The molecule has 3 rings (SSSR count). The Morgan fingerprint density at radius 1 is 1.28 bits per heavy atom. The van der Waals surface area contributed by atoms with Crippen molar-refractivity contribution in [3.8, 4) is 5.75 Å². The van der Waals surface area contributed by atoms with E-state index in [0.29, 0.717) is 12.4 Å². The molecule has 1 aromatic carbocycles. The molecule has 0 amide bonds. The number of aryl methyl sites for hydroxylation is 1. The Labute approximate surface area is 105 Å². The lowest BCUT2D eigenvalue weighted by Gasteiger charge is -2.04. The number of fused-ring (bicyclic) bond motifs is 1. The first kappa shape index (κ1) is 11.1. The zero-order chi connectivity index (χ0) is 12.5. The Hall–Kier alpha value is -2.03. The predicted octanol–water partition coefficient (Wildman–Crippen LogP) is 3.20. The van der Waals surface area contributed by atoms with Gasteiger partial charge in [-0.15, -0.1) is 0 Å². The van der Waals surface area contributed by atoms with E-state index in [1.54, 1.807) is 6.07 Å². The van der Waals surface area contributed by atoms with E-state index in [2.05, 4.69) is 0 Å². The van der Waals surface area contributed by atoms with Crippen LogP contribution >= 0.6 is 0 Å². The summed E-state index contributed by atoms with van der Waals surface area (Å²) in [5.74, 6) is 1.83. The summed E-state index contributed by atoms with van der Waals surface area (Å²) in [7, 11) is 0. The number of carbonyl (C=O) groups is 1. The summed E-state index contributed by atoms with van der Waals surface area (Å²) in [6, 6.07) is 11.3. The molecule has 0 saturated carbocycles. The molecule has 92 valence electrons. The van der Waals surface area contributed by atoms with Crippen LogP contribution in [0.25, 0.3) is 0 Å². The van der Waals surface area contributed by atoms with E-state index in [-0.39, 0.29) is 11.7 Å². The van der Waals surface area contributed by atoms with Crippen LogP contribution < -0.4 is 4.74 Å². The van der Waals surface area contributed by atoms with Crippen molar-refractivity contribution in [3.63, 3.8) is 0 Å². The van der Waals surface area contributed by atoms with Gasteiger partial charge in [-0.1, -0.05) is 25.1 Å². The Morgan fingerprint density at radius 2 is 2.11 bits per heavy atom. The maximum Gasteiger partial charge on any atom is 0.208 e. The van der Waals surface area contributed by atoms with Gasteiger partial charge in [-0.3, -0.25) is 4.79 Å². The van der Waals surface area contributed by atoms with E-state index < -0.39 is 0 Å². The third kappa shape index (κ3) is 1.72. The summed E-state index contributed by atoms with van der Waals surface area (Å²) in [5.41, 5.74) is 0.956. The van der Waals surface area contributed by atoms with Gasteiger partial charge in [0.25, 0.3) is 0 Å². The normalized spacial score (nSPS) is 17.3. The van der Waals surface area contributed by atoms with E-state index in [1.165, 1.54) is 0 Å². The van der Waals surface area contributed by atoms with Gasteiger partial charge in [0.1, 0.15) is 18.1 Å². The maximum atomic E-state index is 12.4. The molecule has 2 heterocycles. The quantitative estimate of drug-likeness (QED) is 0.776. The molecule has 0 aliphatic carbocycles. The van der Waals surface area contributed by atoms with Crippen LogP contribution in [0.15, 0.2) is 40.8 Å². The summed E-state index contributed by atoms with van der Waals surface area (Å²) in [6.45, 7) is 2.40. The number of ether oxygens (including phenoxy) is 1. The first-order chi connectivity index (χ1) is 8.79. The zero-order valence-corrected chi connectivity index (χ0v) is 10.2. The SMILES string of the molecule is CCc1ccc(C(=O)C2COc3ccccc32)o1. The van der Waals surface area contributed by atoms with Crippen LogP contribution in [0.2, 0.25) is 0 Å². The highest BCUT2D eigenvalue weighted by molar-refractivity contribution is 5.99. The van der Waals surface area contributed by atoms with E-state index in [0.717, 1.165) is 23.5 Å². The van der Waals surface area contributed by atoms with E-state index in [1.807, 2.05) is 37.3 Å². The van der Waals surface area contributed by atoms with Crippen molar-refractivity contribution in [2.24, 2.45) is 0 Å². The van der Waals surface area contributed by atoms with Crippen molar-refractivity contribution in [2.75, 3.05) is 6.61 Å². The maximum absolute atomic E-state index is 12.4. The van der Waals surface area contributed by atoms with Crippen molar-refractivity contribution < 1.29 is 13.9 Å². The molecule has 1 aliphatic heterocycles. The van der Waals surface area contributed by atoms with Gasteiger partial charge in [0.2, 0.25) is 5.78 Å². The second-order valence-corrected chi connectivity index (χ2v) is 4.39. The molecule has 0 bridgehead atoms. The third-order valence-corrected chi connectivity index (χ3v) is 3.27. The topological polar surface area (TPSA) is 39.4 Å². The predicted molar refractivity (Wildman–Crippen MR) is 67.1 cm³/mol. The number of furan rings is 1. The number of hydrogen-bond acceptors (Lipinski definition) is 3. The molecule has 3 heteroatoms. The fourth-order valence-corrected chi connectivity index (χ4v) is 2.25. The van der Waals surface area contributed by atoms with Gasteiger partial charge in [0.05, 0.1) is 5.92 Å². The third-order valence-electron chi connectivity index (χ3n) is 3.27. The Morgan fingerprint density at radius 3 is 2.89 bits per heavy atom. The lowest BCUT2D eigenvalue weighted by molar-refractivity contribution is 0.0918. The van der Waals surface area contributed by atoms with Crippen LogP contribution in [0.5, 0.6) is 5.75 Å². The van der Waals surface area contributed by atoms with Gasteiger partial charge in [0.15, 0.2) is 5.76 Å². The first-order valence-corrected chi connectivity index (χ1v) is 6.14. The minimum atomic E-state index is -0.239. The average Bonchev–Trinajstić information content (AvgIpc) is 3.04. The molecule has 1 unspecified atom stereocenters. The standard InChI is InChI=1S/C15H14O3/c1-2-10-7-8-14(18-10)15(16)12-9-17-13-6-4-3-5-11(12)13/h3-8,12H,2,9H2,1H3. The highest BCUT2D eigenvalue weighted by atomic mass is 16.5. The molecular formula is C15H14O3. The molecule has 1 aliphatic rings. The molecule has 0 radical (unpaired) electrons. The monoisotopic (exact) mass is 242 g/mol. The Kier molecular flexibility index (Phi) is 2.67. The van der Waals surface area contributed by atoms with Gasteiger partial charge >= 0.3 is 0 Å². The molecule has 1 aromatic heterocycles. The van der Waals surface area contributed by atoms with Crippen LogP contribution in [-0.4, -0.2) is 12.4 Å². The first-order valence-electron chi connectivity index (χ1n) is 6.14. The Balaban J connectivity index is 1.90. The van der Waals surface area contributed by atoms with Gasteiger partial charge in [-0.05, 0) is 18.2 Å². The molecule has 2 aromatic rings. The smallest absolute Gasteiger partial charge is 0.208 e. The fraction of sp³-hybridized carbons (Fsp3) is 0.267. The fourth-order valence-electron chi connectivity index (χ4n) is 2.25. The van der Waals surface area contributed by atoms with Crippen LogP contribution in [-0.2, 0) is 6.42 Å². The number of carbonyl (C=O) groups excluding carboxylic acids is 1. The summed E-state index contributed by atoms with van der Waals surface area (Å²) < 4.78 is 11.0. The molecule has 0 spiro atoms. The lowest BCUT2D eigenvalue weighted by Crippen LogP contribution is -2.13. The minimum absolute atomic E-state index is 0.000324. The largest absolute Gasteiger partial charge is 0.492 e. The van der Waals surface area contributed by atoms with Crippen LogP contribution in [0, 0.1) is 0 Å². The van der Waals surface area contributed by atoms with E-state index in [4.69, 9.17) is 9.15 Å². The zero-order valence-electron chi connectivity index (χ0n) is 10.2. The van der Waals surface area contributed by atoms with E-state index in [9.17, 15) is 4.79 Å². The average molecular weight is 242 g/mol. The molecule has 0 fully saturated rings. The van der Waals surface area contributed by atoms with Gasteiger partial charge in [-0.25, -0.2) is 0 Å². The number of Topliss-reactive ketones (excluding diaryl/α,β-unsaturated/α-hetero) is 1.